The quantitative estimate of drug-likeness (QED) is 0.642. The van der Waals surface area contributed by atoms with Crippen molar-refractivity contribution in [3.63, 3.8) is 0 Å². The summed E-state index contributed by atoms with van der Waals surface area (Å²) in [5.41, 5.74) is 1.67. The number of rotatable bonds is 4. The summed E-state index contributed by atoms with van der Waals surface area (Å²) in [6.45, 7) is 1.47. The van der Waals surface area contributed by atoms with E-state index < -0.39 is 0 Å². The summed E-state index contributed by atoms with van der Waals surface area (Å²) in [6.07, 6.45) is 2.89. The fourth-order valence-electron chi connectivity index (χ4n) is 1.83. The summed E-state index contributed by atoms with van der Waals surface area (Å²) in [4.78, 5) is 23.2. The lowest BCUT2D eigenvalue weighted by Crippen LogP contribution is -2.08. The van der Waals surface area contributed by atoms with Gasteiger partial charge < -0.3 is 5.32 Å². The second-order valence-electron chi connectivity index (χ2n) is 4.59. The zero-order chi connectivity index (χ0) is 16.1. The van der Waals surface area contributed by atoms with Crippen LogP contribution in [0, 0.1) is 0 Å². The van der Waals surface area contributed by atoms with Crippen molar-refractivity contribution >= 4 is 46.7 Å². The minimum atomic E-state index is -0.336. The Bertz CT molecular complexity index is 734. The number of nitrogens with one attached hydrogen (secondary N) is 1. The van der Waals surface area contributed by atoms with Crippen LogP contribution in [0.3, 0.4) is 0 Å². The first-order chi connectivity index (χ1) is 10.5. The molecule has 0 saturated heterocycles. The first-order valence-electron chi connectivity index (χ1n) is 6.51. The number of ketones is 1. The van der Waals surface area contributed by atoms with Gasteiger partial charge in [-0.3, -0.25) is 9.59 Å². The second-order valence-corrected chi connectivity index (χ2v) is 5.41. The molecule has 1 amide bonds. The molecule has 1 N–H and O–H groups in total. The van der Waals surface area contributed by atoms with E-state index in [0.29, 0.717) is 26.9 Å². The lowest BCUT2D eigenvalue weighted by Gasteiger charge is -2.04. The first-order valence-corrected chi connectivity index (χ1v) is 7.27. The van der Waals surface area contributed by atoms with Gasteiger partial charge in [0.1, 0.15) is 0 Å². The molecule has 2 aromatic carbocycles. The third-order valence-corrected chi connectivity index (χ3v) is 3.60. The molecule has 112 valence electrons. The third kappa shape index (κ3) is 4.20. The van der Waals surface area contributed by atoms with Gasteiger partial charge in [0.15, 0.2) is 5.78 Å². The number of anilines is 1. The van der Waals surface area contributed by atoms with Gasteiger partial charge in [-0.25, -0.2) is 0 Å². The summed E-state index contributed by atoms with van der Waals surface area (Å²) < 4.78 is 0. The number of benzene rings is 2. The van der Waals surface area contributed by atoms with Crippen molar-refractivity contribution in [3.05, 3.63) is 69.7 Å². The van der Waals surface area contributed by atoms with Crippen molar-refractivity contribution < 1.29 is 9.59 Å². The predicted molar refractivity (Wildman–Crippen MR) is 90.6 cm³/mol. The molecule has 0 aliphatic heterocycles. The van der Waals surface area contributed by atoms with Crippen molar-refractivity contribution in [1.29, 1.82) is 0 Å². The molecule has 0 unspecified atom stereocenters. The average Bonchev–Trinajstić information content (AvgIpc) is 2.47. The van der Waals surface area contributed by atoms with E-state index in [1.54, 1.807) is 48.5 Å². The number of carbonyl (C=O) groups is 2. The van der Waals surface area contributed by atoms with E-state index in [4.69, 9.17) is 23.2 Å². The number of Topliss-reactive ketones (excluding diaryl/α,β-unsaturated/α-hetero) is 1. The van der Waals surface area contributed by atoms with E-state index in [0.717, 1.165) is 0 Å². The maximum absolute atomic E-state index is 11.9. The maximum atomic E-state index is 11.9. The molecule has 0 radical (unpaired) electrons. The fraction of sp³-hybridized carbons (Fsp3) is 0.0588. The number of hydrogen-bond donors (Lipinski definition) is 1. The highest BCUT2D eigenvalue weighted by Gasteiger charge is 2.04. The van der Waals surface area contributed by atoms with Crippen molar-refractivity contribution in [3.8, 4) is 0 Å². The van der Waals surface area contributed by atoms with Gasteiger partial charge in [-0.05, 0) is 37.3 Å². The van der Waals surface area contributed by atoms with Crippen LogP contribution in [-0.4, -0.2) is 11.7 Å². The Morgan fingerprint density at radius 1 is 1.05 bits per heavy atom. The van der Waals surface area contributed by atoms with Crippen LogP contribution in [-0.2, 0) is 4.79 Å². The highest BCUT2D eigenvalue weighted by Crippen LogP contribution is 2.25. The smallest absolute Gasteiger partial charge is 0.248 e. The normalized spacial score (nSPS) is 10.7. The first kappa shape index (κ1) is 16.3. The summed E-state index contributed by atoms with van der Waals surface area (Å²) in [5.74, 6) is -0.397. The molecule has 0 fully saturated rings. The molecular formula is C17H13Cl2NO2. The number of halogens is 2. The fourth-order valence-corrected chi connectivity index (χ4v) is 2.35. The molecule has 0 bridgehead atoms. The van der Waals surface area contributed by atoms with Gasteiger partial charge in [0, 0.05) is 32.9 Å². The molecule has 0 saturated carbocycles. The van der Waals surface area contributed by atoms with Gasteiger partial charge >= 0.3 is 0 Å². The molecule has 0 heterocycles. The van der Waals surface area contributed by atoms with Gasteiger partial charge in [0.05, 0.1) is 0 Å². The van der Waals surface area contributed by atoms with E-state index in [1.807, 2.05) is 0 Å². The van der Waals surface area contributed by atoms with Gasteiger partial charge in [-0.15, -0.1) is 0 Å². The Morgan fingerprint density at radius 2 is 1.68 bits per heavy atom. The average molecular weight is 334 g/mol. The van der Waals surface area contributed by atoms with Crippen LogP contribution in [0.25, 0.3) is 6.08 Å². The standard InChI is InChI=1S/C17H13Cl2NO2/c1-11(21)12-4-2-5-13(10-12)20-17(22)9-8-14-15(18)6-3-7-16(14)19/h2-10H,1H3,(H,20,22)/b9-8-. The van der Waals surface area contributed by atoms with E-state index in [-0.39, 0.29) is 11.7 Å². The molecule has 2 rings (SSSR count). The van der Waals surface area contributed by atoms with Crippen LogP contribution in [0.4, 0.5) is 5.69 Å². The lowest BCUT2D eigenvalue weighted by molar-refractivity contribution is -0.111. The maximum Gasteiger partial charge on any atom is 0.248 e. The van der Waals surface area contributed by atoms with E-state index in [9.17, 15) is 9.59 Å². The van der Waals surface area contributed by atoms with Crippen LogP contribution in [0.1, 0.15) is 22.8 Å². The molecule has 0 aliphatic carbocycles. The monoisotopic (exact) mass is 333 g/mol. The Hall–Kier alpha value is -2.10. The second kappa shape index (κ2) is 7.25. The summed E-state index contributed by atoms with van der Waals surface area (Å²) in [5, 5.41) is 3.62. The number of amides is 1. The van der Waals surface area contributed by atoms with Crippen molar-refractivity contribution in [2.45, 2.75) is 6.92 Å². The highest BCUT2D eigenvalue weighted by molar-refractivity contribution is 6.37. The SMILES string of the molecule is CC(=O)c1cccc(NC(=O)/C=C\c2c(Cl)cccc2Cl)c1. The Morgan fingerprint density at radius 3 is 2.32 bits per heavy atom. The van der Waals surface area contributed by atoms with Gasteiger partial charge in [0.2, 0.25) is 5.91 Å². The third-order valence-electron chi connectivity index (χ3n) is 2.94. The van der Waals surface area contributed by atoms with Crippen LogP contribution < -0.4 is 5.32 Å². The highest BCUT2D eigenvalue weighted by atomic mass is 35.5. The largest absolute Gasteiger partial charge is 0.322 e. The predicted octanol–water partition coefficient (Wildman–Crippen LogP) is 4.85. The van der Waals surface area contributed by atoms with E-state index in [1.165, 1.54) is 13.0 Å². The number of hydrogen-bond acceptors (Lipinski definition) is 2. The summed E-state index contributed by atoms with van der Waals surface area (Å²) in [6, 6.07) is 11.9. The number of carbonyl (C=O) groups excluding carboxylic acids is 2. The molecule has 0 aliphatic rings. The topological polar surface area (TPSA) is 46.2 Å². The van der Waals surface area contributed by atoms with Crippen LogP contribution in [0.5, 0.6) is 0 Å². The van der Waals surface area contributed by atoms with E-state index in [2.05, 4.69) is 5.32 Å². The molecular weight excluding hydrogens is 321 g/mol. The van der Waals surface area contributed by atoms with Crippen LogP contribution in [0.2, 0.25) is 10.0 Å². The van der Waals surface area contributed by atoms with Crippen LogP contribution >= 0.6 is 23.2 Å². The van der Waals surface area contributed by atoms with Gasteiger partial charge in [-0.1, -0.05) is 41.4 Å². The molecule has 0 aromatic heterocycles. The Labute approximate surface area is 138 Å². The van der Waals surface area contributed by atoms with Crippen molar-refractivity contribution in [2.75, 3.05) is 5.32 Å². The van der Waals surface area contributed by atoms with Crippen molar-refractivity contribution in [1.82, 2.24) is 0 Å². The zero-order valence-electron chi connectivity index (χ0n) is 11.8. The van der Waals surface area contributed by atoms with E-state index >= 15 is 0 Å². The Balaban J connectivity index is 2.12. The lowest BCUT2D eigenvalue weighted by atomic mass is 10.1. The van der Waals surface area contributed by atoms with Crippen LogP contribution in [0.15, 0.2) is 48.5 Å². The van der Waals surface area contributed by atoms with Gasteiger partial charge in [0.25, 0.3) is 0 Å². The summed E-state index contributed by atoms with van der Waals surface area (Å²) in [7, 11) is 0. The van der Waals surface area contributed by atoms with Crippen molar-refractivity contribution in [2.24, 2.45) is 0 Å². The molecule has 2 aromatic rings. The zero-order valence-corrected chi connectivity index (χ0v) is 13.3. The molecule has 0 spiro atoms. The minimum absolute atomic E-state index is 0.0607. The van der Waals surface area contributed by atoms with Gasteiger partial charge in [-0.2, -0.15) is 0 Å². The molecule has 22 heavy (non-hydrogen) atoms. The molecule has 5 heteroatoms. The molecule has 3 nitrogen and oxygen atoms in total. The summed E-state index contributed by atoms with van der Waals surface area (Å²) >= 11 is 12.0. The Kier molecular flexibility index (Phi) is 5.36. The minimum Gasteiger partial charge on any atom is -0.322 e. The molecule has 0 atom stereocenters.